The molecule has 0 aliphatic rings. The molecule has 0 atom stereocenters. The van der Waals surface area contributed by atoms with Crippen molar-refractivity contribution in [2.45, 2.75) is 20.4 Å². The van der Waals surface area contributed by atoms with Gasteiger partial charge in [-0.2, -0.15) is 5.10 Å². The molecule has 0 spiro atoms. The van der Waals surface area contributed by atoms with Crippen LogP contribution >= 0.6 is 11.6 Å². The molecule has 116 valence electrons. The van der Waals surface area contributed by atoms with E-state index < -0.39 is 0 Å². The first-order valence-electron chi connectivity index (χ1n) is 7.07. The molecule has 0 saturated heterocycles. The van der Waals surface area contributed by atoms with Crippen molar-refractivity contribution in [2.24, 2.45) is 7.05 Å². The zero-order valence-electron chi connectivity index (χ0n) is 13.3. The lowest BCUT2D eigenvalue weighted by molar-refractivity contribution is -0.125. The Morgan fingerprint density at radius 1 is 1.36 bits per heavy atom. The van der Waals surface area contributed by atoms with Crippen molar-refractivity contribution >= 4 is 23.6 Å². The highest BCUT2D eigenvalue weighted by Crippen LogP contribution is 2.17. The van der Waals surface area contributed by atoms with E-state index in [0.29, 0.717) is 11.6 Å². The summed E-state index contributed by atoms with van der Waals surface area (Å²) in [5, 5.41) is 5.01. The SMILES string of the molecule is Cc1nn(C)c(C)c1/C=C/C(=O)N(C)Cc1ccccc1Cl. The van der Waals surface area contributed by atoms with Crippen molar-refractivity contribution in [1.29, 1.82) is 0 Å². The number of hydrogen-bond acceptors (Lipinski definition) is 2. The molecule has 0 N–H and O–H groups in total. The van der Waals surface area contributed by atoms with Crippen molar-refractivity contribution in [3.63, 3.8) is 0 Å². The van der Waals surface area contributed by atoms with E-state index in [1.807, 2.05) is 55.9 Å². The van der Waals surface area contributed by atoms with Gasteiger partial charge in [0, 0.05) is 43.0 Å². The van der Waals surface area contributed by atoms with Crippen molar-refractivity contribution in [3.8, 4) is 0 Å². The van der Waals surface area contributed by atoms with Crippen LogP contribution in [0.4, 0.5) is 0 Å². The van der Waals surface area contributed by atoms with Gasteiger partial charge < -0.3 is 4.90 Å². The Labute approximate surface area is 136 Å². The van der Waals surface area contributed by atoms with Crippen molar-refractivity contribution < 1.29 is 4.79 Å². The van der Waals surface area contributed by atoms with E-state index in [0.717, 1.165) is 22.5 Å². The van der Waals surface area contributed by atoms with Gasteiger partial charge in [0.1, 0.15) is 0 Å². The number of aromatic nitrogens is 2. The highest BCUT2D eigenvalue weighted by Gasteiger charge is 2.10. The molecule has 1 amide bonds. The molecule has 2 aromatic rings. The summed E-state index contributed by atoms with van der Waals surface area (Å²) in [6, 6.07) is 7.54. The fourth-order valence-electron chi connectivity index (χ4n) is 2.27. The molecule has 1 aromatic carbocycles. The van der Waals surface area contributed by atoms with Crippen LogP contribution in [-0.2, 0) is 18.4 Å². The van der Waals surface area contributed by atoms with Crippen LogP contribution in [0.5, 0.6) is 0 Å². The third-order valence-corrected chi connectivity index (χ3v) is 4.07. The van der Waals surface area contributed by atoms with Gasteiger partial charge in [-0.05, 0) is 31.6 Å². The summed E-state index contributed by atoms with van der Waals surface area (Å²) in [5.74, 6) is -0.0671. The zero-order chi connectivity index (χ0) is 16.3. The minimum atomic E-state index is -0.0671. The second-order valence-electron chi connectivity index (χ2n) is 5.33. The van der Waals surface area contributed by atoms with Gasteiger partial charge in [0.25, 0.3) is 0 Å². The summed E-state index contributed by atoms with van der Waals surface area (Å²) in [6.45, 7) is 4.40. The van der Waals surface area contributed by atoms with E-state index in [-0.39, 0.29) is 5.91 Å². The predicted octanol–water partition coefficient (Wildman–Crippen LogP) is 3.36. The summed E-state index contributed by atoms with van der Waals surface area (Å²) in [4.78, 5) is 13.9. The van der Waals surface area contributed by atoms with Crippen LogP contribution in [0.3, 0.4) is 0 Å². The third kappa shape index (κ3) is 3.57. The average Bonchev–Trinajstić information content (AvgIpc) is 2.72. The van der Waals surface area contributed by atoms with Gasteiger partial charge in [0.2, 0.25) is 5.91 Å². The highest BCUT2D eigenvalue weighted by molar-refractivity contribution is 6.31. The molecule has 0 bridgehead atoms. The maximum Gasteiger partial charge on any atom is 0.246 e. The number of rotatable bonds is 4. The number of nitrogens with zero attached hydrogens (tertiary/aromatic N) is 3. The third-order valence-electron chi connectivity index (χ3n) is 3.70. The quantitative estimate of drug-likeness (QED) is 0.811. The number of halogens is 1. The molecule has 0 radical (unpaired) electrons. The summed E-state index contributed by atoms with van der Waals surface area (Å²) in [6.07, 6.45) is 3.40. The Balaban J connectivity index is 2.08. The van der Waals surface area contributed by atoms with Gasteiger partial charge in [-0.25, -0.2) is 0 Å². The van der Waals surface area contributed by atoms with Gasteiger partial charge >= 0.3 is 0 Å². The smallest absolute Gasteiger partial charge is 0.246 e. The van der Waals surface area contributed by atoms with E-state index in [9.17, 15) is 4.79 Å². The number of amides is 1. The Morgan fingerprint density at radius 2 is 2.05 bits per heavy atom. The summed E-state index contributed by atoms with van der Waals surface area (Å²) in [7, 11) is 3.66. The second kappa shape index (κ2) is 6.79. The molecular formula is C17H20ClN3O. The Bertz CT molecular complexity index is 719. The van der Waals surface area contributed by atoms with Crippen LogP contribution < -0.4 is 0 Å². The van der Waals surface area contributed by atoms with Gasteiger partial charge in [-0.3, -0.25) is 9.48 Å². The lowest BCUT2D eigenvalue weighted by atomic mass is 10.1. The first-order valence-corrected chi connectivity index (χ1v) is 7.44. The van der Waals surface area contributed by atoms with Crippen molar-refractivity contribution in [2.75, 3.05) is 7.05 Å². The molecule has 4 nitrogen and oxygen atoms in total. The number of carbonyl (C=O) groups is 1. The van der Waals surface area contributed by atoms with E-state index in [1.165, 1.54) is 0 Å². The molecule has 0 unspecified atom stereocenters. The molecule has 0 aliphatic heterocycles. The van der Waals surface area contributed by atoms with Gasteiger partial charge in [0.15, 0.2) is 0 Å². The van der Waals surface area contributed by atoms with Crippen LogP contribution in [0.25, 0.3) is 6.08 Å². The molecule has 0 fully saturated rings. The van der Waals surface area contributed by atoms with Crippen LogP contribution in [0, 0.1) is 13.8 Å². The number of hydrogen-bond donors (Lipinski definition) is 0. The topological polar surface area (TPSA) is 38.1 Å². The monoisotopic (exact) mass is 317 g/mol. The number of carbonyl (C=O) groups excluding carboxylic acids is 1. The Morgan fingerprint density at radius 3 is 2.64 bits per heavy atom. The van der Waals surface area contributed by atoms with E-state index in [4.69, 9.17) is 11.6 Å². The number of likely N-dealkylation sites (N-methyl/N-ethyl adjacent to an activating group) is 1. The minimum Gasteiger partial charge on any atom is -0.338 e. The van der Waals surface area contributed by atoms with E-state index >= 15 is 0 Å². The second-order valence-corrected chi connectivity index (χ2v) is 5.73. The fourth-order valence-corrected chi connectivity index (χ4v) is 2.47. The molecule has 22 heavy (non-hydrogen) atoms. The van der Waals surface area contributed by atoms with Crippen LogP contribution in [0.1, 0.15) is 22.5 Å². The predicted molar refractivity (Wildman–Crippen MR) is 89.6 cm³/mol. The molecule has 1 heterocycles. The van der Waals surface area contributed by atoms with Crippen molar-refractivity contribution in [3.05, 3.63) is 57.9 Å². The zero-order valence-corrected chi connectivity index (χ0v) is 14.1. The Hall–Kier alpha value is -2.07. The fraction of sp³-hybridized carbons (Fsp3) is 0.294. The molecule has 0 aliphatic carbocycles. The minimum absolute atomic E-state index is 0.0671. The highest BCUT2D eigenvalue weighted by atomic mass is 35.5. The lowest BCUT2D eigenvalue weighted by Gasteiger charge is -2.16. The maximum absolute atomic E-state index is 12.2. The first kappa shape index (κ1) is 16.3. The summed E-state index contributed by atoms with van der Waals surface area (Å²) < 4.78 is 1.81. The standard InChI is InChI=1S/C17H20ClN3O/c1-12-15(13(2)21(4)19-12)9-10-17(22)20(3)11-14-7-5-6-8-16(14)18/h5-10H,11H2,1-4H3/b10-9+. The number of benzene rings is 1. The summed E-state index contributed by atoms with van der Waals surface area (Å²) in [5.41, 5.74) is 3.87. The van der Waals surface area contributed by atoms with E-state index in [1.54, 1.807) is 18.0 Å². The molecule has 1 aromatic heterocycles. The largest absolute Gasteiger partial charge is 0.338 e. The average molecular weight is 318 g/mol. The van der Waals surface area contributed by atoms with Crippen molar-refractivity contribution in [1.82, 2.24) is 14.7 Å². The van der Waals surface area contributed by atoms with Gasteiger partial charge in [0.05, 0.1) is 5.69 Å². The van der Waals surface area contributed by atoms with E-state index in [2.05, 4.69) is 5.10 Å². The molecular weight excluding hydrogens is 298 g/mol. The Kier molecular flexibility index (Phi) is 5.03. The molecule has 5 heteroatoms. The van der Waals surface area contributed by atoms with Crippen LogP contribution in [0.2, 0.25) is 5.02 Å². The normalized spacial score (nSPS) is 11.1. The maximum atomic E-state index is 12.2. The van der Waals surface area contributed by atoms with Gasteiger partial charge in [-0.15, -0.1) is 0 Å². The lowest BCUT2D eigenvalue weighted by Crippen LogP contribution is -2.24. The molecule has 2 rings (SSSR count). The number of aryl methyl sites for hydroxylation is 2. The molecule has 0 saturated carbocycles. The van der Waals surface area contributed by atoms with Gasteiger partial charge in [-0.1, -0.05) is 29.8 Å². The first-order chi connectivity index (χ1) is 10.4. The summed E-state index contributed by atoms with van der Waals surface area (Å²) >= 11 is 6.12. The van der Waals surface area contributed by atoms with Crippen LogP contribution in [0.15, 0.2) is 30.3 Å². The van der Waals surface area contributed by atoms with Crippen LogP contribution in [-0.4, -0.2) is 27.6 Å².